The highest BCUT2D eigenvalue weighted by molar-refractivity contribution is 6.03. The molecule has 0 bridgehead atoms. The summed E-state index contributed by atoms with van der Waals surface area (Å²) in [5, 5.41) is 22.6. The first-order valence-electron chi connectivity index (χ1n) is 7.40. The van der Waals surface area contributed by atoms with Crippen LogP contribution >= 0.6 is 0 Å². The number of nitrogens with zero attached hydrogens (tertiary/aromatic N) is 4. The maximum absolute atomic E-state index is 9.25. The number of anilines is 1. The Hall–Kier alpha value is -3.48. The molecular weight excluding hydrogens is 304 g/mol. The van der Waals surface area contributed by atoms with Gasteiger partial charge in [-0.05, 0) is 48.9 Å². The number of aromatic nitrogens is 4. The summed E-state index contributed by atoms with van der Waals surface area (Å²) in [5.41, 5.74) is 7.13. The molecule has 2 heterocycles. The number of phenols is 1. The number of aromatic hydroxyl groups is 1. The van der Waals surface area contributed by atoms with Crippen LogP contribution in [0.1, 0.15) is 11.1 Å². The van der Waals surface area contributed by atoms with E-state index in [0.717, 1.165) is 27.5 Å². The minimum atomic E-state index is 0.215. The van der Waals surface area contributed by atoms with Gasteiger partial charge in [0, 0.05) is 10.9 Å². The molecule has 0 amide bonds. The van der Waals surface area contributed by atoms with E-state index in [1.165, 1.54) is 0 Å². The zero-order chi connectivity index (χ0) is 16.5. The van der Waals surface area contributed by atoms with E-state index < -0.39 is 0 Å². The van der Waals surface area contributed by atoms with Gasteiger partial charge in [-0.3, -0.25) is 0 Å². The summed E-state index contributed by atoms with van der Waals surface area (Å²) in [5.74, 6) is 0.521. The van der Waals surface area contributed by atoms with Gasteiger partial charge < -0.3 is 10.1 Å². The van der Waals surface area contributed by atoms with Crippen molar-refractivity contribution in [1.82, 2.24) is 20.2 Å². The number of aryl methyl sites for hydroxylation is 1. The van der Waals surface area contributed by atoms with E-state index in [4.69, 9.17) is 0 Å². The van der Waals surface area contributed by atoms with Gasteiger partial charge in [0.25, 0.3) is 5.95 Å². The third-order valence-corrected chi connectivity index (χ3v) is 3.64. The van der Waals surface area contributed by atoms with Gasteiger partial charge in [0.1, 0.15) is 11.3 Å². The van der Waals surface area contributed by atoms with Crippen LogP contribution in [-0.4, -0.2) is 31.5 Å². The molecule has 2 aromatic heterocycles. The van der Waals surface area contributed by atoms with Crippen LogP contribution in [0.3, 0.4) is 0 Å². The minimum absolute atomic E-state index is 0.215. The zero-order valence-electron chi connectivity index (χ0n) is 12.9. The van der Waals surface area contributed by atoms with E-state index in [-0.39, 0.29) is 5.75 Å². The Bertz CT molecular complexity index is 1050. The number of hydrazone groups is 1. The highest BCUT2D eigenvalue weighted by atomic mass is 16.3. The van der Waals surface area contributed by atoms with Crippen molar-refractivity contribution in [1.29, 1.82) is 0 Å². The van der Waals surface area contributed by atoms with Gasteiger partial charge in [-0.15, -0.1) is 10.2 Å². The van der Waals surface area contributed by atoms with Crippen LogP contribution in [0.2, 0.25) is 0 Å². The maximum atomic E-state index is 9.25. The van der Waals surface area contributed by atoms with Crippen LogP contribution < -0.4 is 5.43 Å². The summed E-state index contributed by atoms with van der Waals surface area (Å²) in [6.07, 6.45) is 1.61. The molecule has 7 nitrogen and oxygen atoms in total. The van der Waals surface area contributed by atoms with Crippen molar-refractivity contribution in [2.45, 2.75) is 6.92 Å². The van der Waals surface area contributed by atoms with Gasteiger partial charge in [-0.1, -0.05) is 11.6 Å². The lowest BCUT2D eigenvalue weighted by Gasteiger charge is -1.97. The average molecular weight is 318 g/mol. The van der Waals surface area contributed by atoms with E-state index in [9.17, 15) is 5.11 Å². The Labute approximate surface area is 137 Å². The molecule has 0 saturated carbocycles. The summed E-state index contributed by atoms with van der Waals surface area (Å²) in [6.45, 7) is 2.03. The third-order valence-electron chi connectivity index (χ3n) is 3.64. The topological polar surface area (TPSA) is 99.1 Å². The lowest BCUT2D eigenvalue weighted by atomic mass is 10.2. The smallest absolute Gasteiger partial charge is 0.265 e. The fourth-order valence-electron chi connectivity index (χ4n) is 2.46. The zero-order valence-corrected chi connectivity index (χ0v) is 12.9. The number of H-pyrrole nitrogens is 1. The first kappa shape index (κ1) is 14.1. The second-order valence-electron chi connectivity index (χ2n) is 5.47. The lowest BCUT2D eigenvalue weighted by Crippen LogP contribution is -1.98. The molecule has 0 aliphatic carbocycles. The number of hydrogen-bond donors (Lipinski definition) is 3. The van der Waals surface area contributed by atoms with E-state index >= 15 is 0 Å². The van der Waals surface area contributed by atoms with E-state index in [0.29, 0.717) is 11.6 Å². The minimum Gasteiger partial charge on any atom is -0.508 e. The number of fused-ring (bicyclic) bond motifs is 3. The van der Waals surface area contributed by atoms with Gasteiger partial charge >= 0.3 is 0 Å². The lowest BCUT2D eigenvalue weighted by molar-refractivity contribution is 0.475. The fourth-order valence-corrected chi connectivity index (χ4v) is 2.46. The standard InChI is InChI=1S/C17H14N6O/c1-10-2-7-14-13(8-10)15-16(19-14)20-17(23-21-15)22-18-9-11-3-5-12(24)6-4-11/h2-9,24H,1H3,(H2,19,20,22,23). The van der Waals surface area contributed by atoms with Crippen molar-refractivity contribution >= 4 is 34.2 Å². The Kier molecular flexibility index (Phi) is 3.31. The Morgan fingerprint density at radius 3 is 2.79 bits per heavy atom. The molecule has 0 aliphatic heterocycles. The summed E-state index contributed by atoms with van der Waals surface area (Å²) in [6, 6.07) is 12.8. The van der Waals surface area contributed by atoms with E-state index in [2.05, 4.69) is 36.8 Å². The molecule has 2 aromatic carbocycles. The number of phenolic OH excluding ortho intramolecular Hbond substituents is 1. The first-order chi connectivity index (χ1) is 11.7. The third kappa shape index (κ3) is 2.63. The van der Waals surface area contributed by atoms with Crippen molar-refractivity contribution in [3.8, 4) is 5.75 Å². The van der Waals surface area contributed by atoms with Crippen molar-refractivity contribution in [2.24, 2.45) is 5.10 Å². The number of nitrogens with one attached hydrogen (secondary N) is 2. The van der Waals surface area contributed by atoms with Crippen LogP contribution in [0.4, 0.5) is 5.95 Å². The Morgan fingerprint density at radius 1 is 1.12 bits per heavy atom. The Balaban J connectivity index is 1.60. The molecule has 0 aliphatic rings. The fraction of sp³-hybridized carbons (Fsp3) is 0.0588. The Morgan fingerprint density at radius 2 is 1.96 bits per heavy atom. The van der Waals surface area contributed by atoms with Gasteiger partial charge in [0.15, 0.2) is 5.65 Å². The van der Waals surface area contributed by atoms with Crippen molar-refractivity contribution < 1.29 is 5.11 Å². The maximum Gasteiger partial charge on any atom is 0.265 e. The van der Waals surface area contributed by atoms with E-state index in [1.54, 1.807) is 30.5 Å². The molecule has 3 N–H and O–H groups in total. The van der Waals surface area contributed by atoms with Crippen LogP contribution in [0.25, 0.3) is 22.1 Å². The van der Waals surface area contributed by atoms with Crippen LogP contribution in [-0.2, 0) is 0 Å². The molecule has 0 radical (unpaired) electrons. The SMILES string of the molecule is Cc1ccc2[nH]c3nc(NN=Cc4ccc(O)cc4)nnc3c2c1. The highest BCUT2D eigenvalue weighted by Crippen LogP contribution is 2.23. The second-order valence-corrected chi connectivity index (χ2v) is 5.47. The van der Waals surface area contributed by atoms with Gasteiger partial charge in [-0.2, -0.15) is 10.1 Å². The average Bonchev–Trinajstić information content (AvgIpc) is 2.94. The largest absolute Gasteiger partial charge is 0.508 e. The molecule has 0 unspecified atom stereocenters. The van der Waals surface area contributed by atoms with Crippen molar-refractivity contribution in [3.05, 3.63) is 53.6 Å². The summed E-state index contributed by atoms with van der Waals surface area (Å²) < 4.78 is 0. The monoisotopic (exact) mass is 318 g/mol. The molecular formula is C17H14N6O. The van der Waals surface area contributed by atoms with Crippen molar-refractivity contribution in [3.63, 3.8) is 0 Å². The van der Waals surface area contributed by atoms with Crippen molar-refractivity contribution in [2.75, 3.05) is 5.43 Å². The number of hydrogen-bond acceptors (Lipinski definition) is 6. The van der Waals surface area contributed by atoms with Crippen LogP contribution in [0.15, 0.2) is 47.6 Å². The highest BCUT2D eigenvalue weighted by Gasteiger charge is 2.08. The number of aromatic amines is 1. The van der Waals surface area contributed by atoms with Gasteiger partial charge in [0.05, 0.1) is 6.21 Å². The first-order valence-corrected chi connectivity index (χ1v) is 7.40. The number of rotatable bonds is 3. The molecule has 4 aromatic rings. The van der Waals surface area contributed by atoms with Crippen LogP contribution in [0, 0.1) is 6.92 Å². The molecule has 0 atom stereocenters. The summed E-state index contributed by atoms with van der Waals surface area (Å²) in [4.78, 5) is 7.62. The van der Waals surface area contributed by atoms with Gasteiger partial charge in [-0.25, -0.2) is 5.43 Å². The normalized spacial score (nSPS) is 11.5. The second kappa shape index (κ2) is 5.62. The molecule has 0 fully saturated rings. The van der Waals surface area contributed by atoms with Gasteiger partial charge in [0.2, 0.25) is 0 Å². The number of benzene rings is 2. The molecule has 0 spiro atoms. The predicted octanol–water partition coefficient (Wildman–Crippen LogP) is 2.97. The quantitative estimate of drug-likeness (QED) is 0.398. The van der Waals surface area contributed by atoms with Crippen LogP contribution in [0.5, 0.6) is 5.75 Å². The van der Waals surface area contributed by atoms with E-state index in [1.807, 2.05) is 19.1 Å². The molecule has 0 saturated heterocycles. The molecule has 118 valence electrons. The molecule has 7 heteroatoms. The summed E-state index contributed by atoms with van der Waals surface area (Å²) in [7, 11) is 0. The molecule has 24 heavy (non-hydrogen) atoms. The predicted molar refractivity (Wildman–Crippen MR) is 93.3 cm³/mol. The molecule has 4 rings (SSSR count). The summed E-state index contributed by atoms with van der Waals surface area (Å²) >= 11 is 0.